The maximum Gasteiger partial charge on any atom is 0.375 e. The molecule has 1 saturated heterocycles. The standard InChI is InChI=1S/C22H23NO4/c1-14-9-11-23(12-10-14)19(24)13-26-22(25)20-15(2)17-8-7-16-5-3-4-6-18(16)21(17)27-20/h3-8,14H,9-13H2,1-2H3. The molecule has 0 aliphatic carbocycles. The zero-order valence-electron chi connectivity index (χ0n) is 15.7. The summed E-state index contributed by atoms with van der Waals surface area (Å²) in [6.07, 6.45) is 1.99. The van der Waals surface area contributed by atoms with Gasteiger partial charge in [0, 0.05) is 29.4 Å². The molecule has 0 N–H and O–H groups in total. The molecule has 5 nitrogen and oxygen atoms in total. The Morgan fingerprint density at radius 1 is 1.11 bits per heavy atom. The van der Waals surface area contributed by atoms with E-state index in [0.717, 1.165) is 47.7 Å². The number of fused-ring (bicyclic) bond motifs is 3. The highest BCUT2D eigenvalue weighted by Gasteiger charge is 2.24. The maximum atomic E-state index is 12.5. The van der Waals surface area contributed by atoms with Crippen LogP contribution in [-0.4, -0.2) is 36.5 Å². The lowest BCUT2D eigenvalue weighted by Gasteiger charge is -2.30. The summed E-state index contributed by atoms with van der Waals surface area (Å²) in [4.78, 5) is 26.6. The number of aryl methyl sites for hydroxylation is 1. The van der Waals surface area contributed by atoms with E-state index >= 15 is 0 Å². The molecule has 1 aliphatic rings. The Kier molecular flexibility index (Phi) is 4.60. The Labute approximate surface area is 157 Å². The van der Waals surface area contributed by atoms with Gasteiger partial charge in [-0.2, -0.15) is 0 Å². The number of carbonyl (C=O) groups excluding carboxylic acids is 2. The molecule has 5 heteroatoms. The van der Waals surface area contributed by atoms with Crippen molar-refractivity contribution >= 4 is 33.6 Å². The molecule has 3 aromatic rings. The predicted octanol–water partition coefficient (Wildman–Crippen LogP) is 4.31. The third-order valence-corrected chi connectivity index (χ3v) is 5.48. The lowest BCUT2D eigenvalue weighted by molar-refractivity contribution is -0.135. The van der Waals surface area contributed by atoms with Crippen LogP contribution in [0.1, 0.15) is 35.9 Å². The average molecular weight is 365 g/mol. The lowest BCUT2D eigenvalue weighted by atomic mass is 9.99. The van der Waals surface area contributed by atoms with Crippen molar-refractivity contribution in [1.82, 2.24) is 4.90 Å². The van der Waals surface area contributed by atoms with Gasteiger partial charge in [-0.05, 0) is 31.1 Å². The van der Waals surface area contributed by atoms with Crippen LogP contribution in [0.25, 0.3) is 21.7 Å². The smallest absolute Gasteiger partial charge is 0.375 e. The number of nitrogens with zero attached hydrogens (tertiary/aromatic N) is 1. The number of hydrogen-bond acceptors (Lipinski definition) is 4. The van der Waals surface area contributed by atoms with E-state index in [2.05, 4.69) is 6.92 Å². The molecule has 0 atom stereocenters. The summed E-state index contributed by atoms with van der Waals surface area (Å²) in [5.74, 6) is 0.0759. The minimum atomic E-state index is -0.591. The number of ether oxygens (including phenoxy) is 1. The Hall–Kier alpha value is -2.82. The monoisotopic (exact) mass is 365 g/mol. The van der Waals surface area contributed by atoms with E-state index < -0.39 is 5.97 Å². The Balaban J connectivity index is 1.52. The van der Waals surface area contributed by atoms with Crippen LogP contribution in [0.15, 0.2) is 40.8 Å². The van der Waals surface area contributed by atoms with Crippen LogP contribution in [0.5, 0.6) is 0 Å². The first-order chi connectivity index (χ1) is 13.0. The molecule has 140 valence electrons. The first-order valence-corrected chi connectivity index (χ1v) is 9.40. The van der Waals surface area contributed by atoms with E-state index in [1.807, 2.05) is 43.3 Å². The molecule has 1 aliphatic heterocycles. The molecule has 1 fully saturated rings. The summed E-state index contributed by atoms with van der Waals surface area (Å²) in [5, 5.41) is 2.89. The molecule has 0 radical (unpaired) electrons. The van der Waals surface area contributed by atoms with Crippen LogP contribution in [0.3, 0.4) is 0 Å². The molecule has 4 rings (SSSR count). The Morgan fingerprint density at radius 2 is 1.85 bits per heavy atom. The molecular formula is C22H23NO4. The van der Waals surface area contributed by atoms with E-state index in [1.165, 1.54) is 0 Å². The van der Waals surface area contributed by atoms with Gasteiger partial charge in [0.15, 0.2) is 6.61 Å². The Bertz CT molecular complexity index is 1010. The van der Waals surface area contributed by atoms with Gasteiger partial charge < -0.3 is 14.1 Å². The lowest BCUT2D eigenvalue weighted by Crippen LogP contribution is -2.40. The van der Waals surface area contributed by atoms with Crippen LogP contribution in [0.2, 0.25) is 0 Å². The summed E-state index contributed by atoms with van der Waals surface area (Å²) in [6.45, 7) is 5.24. The molecule has 0 spiro atoms. The summed E-state index contributed by atoms with van der Waals surface area (Å²) >= 11 is 0. The third-order valence-electron chi connectivity index (χ3n) is 5.48. The van der Waals surface area contributed by atoms with Gasteiger partial charge in [0.2, 0.25) is 5.76 Å². The zero-order valence-corrected chi connectivity index (χ0v) is 15.7. The second kappa shape index (κ2) is 7.06. The number of carbonyl (C=O) groups is 2. The highest BCUT2D eigenvalue weighted by Crippen LogP contribution is 2.32. The number of hydrogen-bond donors (Lipinski definition) is 0. The minimum absolute atomic E-state index is 0.144. The van der Waals surface area contributed by atoms with Gasteiger partial charge in [-0.25, -0.2) is 4.79 Å². The fourth-order valence-electron chi connectivity index (χ4n) is 3.69. The van der Waals surface area contributed by atoms with Crippen LogP contribution < -0.4 is 0 Å². The SMILES string of the molecule is Cc1c(C(=O)OCC(=O)N2CCC(C)CC2)oc2c1ccc1ccccc12. The quantitative estimate of drug-likeness (QED) is 0.649. The highest BCUT2D eigenvalue weighted by atomic mass is 16.5. The second-order valence-electron chi connectivity index (χ2n) is 7.36. The molecule has 0 bridgehead atoms. The summed E-state index contributed by atoms with van der Waals surface area (Å²) in [5.41, 5.74) is 1.41. The largest absolute Gasteiger partial charge is 0.450 e. The van der Waals surface area contributed by atoms with Crippen molar-refractivity contribution in [2.75, 3.05) is 19.7 Å². The van der Waals surface area contributed by atoms with E-state index in [4.69, 9.17) is 9.15 Å². The zero-order chi connectivity index (χ0) is 19.0. The normalized spacial score (nSPS) is 15.4. The van der Waals surface area contributed by atoms with Gasteiger partial charge in [-0.15, -0.1) is 0 Å². The van der Waals surface area contributed by atoms with Crippen molar-refractivity contribution in [3.05, 3.63) is 47.7 Å². The fourth-order valence-corrected chi connectivity index (χ4v) is 3.69. The number of benzene rings is 2. The minimum Gasteiger partial charge on any atom is -0.450 e. The van der Waals surface area contributed by atoms with Gasteiger partial charge in [0.1, 0.15) is 5.58 Å². The van der Waals surface area contributed by atoms with Crippen molar-refractivity contribution in [1.29, 1.82) is 0 Å². The molecule has 2 aromatic carbocycles. The molecule has 27 heavy (non-hydrogen) atoms. The molecule has 1 aromatic heterocycles. The summed E-state index contributed by atoms with van der Waals surface area (Å²) in [7, 11) is 0. The van der Waals surface area contributed by atoms with Gasteiger partial charge in [-0.3, -0.25) is 4.79 Å². The van der Waals surface area contributed by atoms with E-state index in [0.29, 0.717) is 11.5 Å². The maximum absolute atomic E-state index is 12.5. The highest BCUT2D eigenvalue weighted by molar-refractivity contribution is 6.08. The molecule has 0 saturated carbocycles. The fraction of sp³-hybridized carbons (Fsp3) is 0.364. The van der Waals surface area contributed by atoms with Crippen LogP contribution >= 0.6 is 0 Å². The summed E-state index contributed by atoms with van der Waals surface area (Å²) in [6, 6.07) is 11.8. The van der Waals surface area contributed by atoms with Crippen molar-refractivity contribution in [2.24, 2.45) is 5.92 Å². The Morgan fingerprint density at radius 3 is 2.63 bits per heavy atom. The first kappa shape index (κ1) is 17.6. The van der Waals surface area contributed by atoms with Gasteiger partial charge in [-0.1, -0.05) is 43.3 Å². The van der Waals surface area contributed by atoms with E-state index in [-0.39, 0.29) is 18.3 Å². The first-order valence-electron chi connectivity index (χ1n) is 9.40. The van der Waals surface area contributed by atoms with Crippen LogP contribution in [0.4, 0.5) is 0 Å². The third kappa shape index (κ3) is 3.29. The number of piperidine rings is 1. The van der Waals surface area contributed by atoms with E-state index in [1.54, 1.807) is 4.90 Å². The number of rotatable bonds is 3. The number of likely N-dealkylation sites (tertiary alicyclic amines) is 1. The van der Waals surface area contributed by atoms with Gasteiger partial charge in [0.05, 0.1) is 0 Å². The summed E-state index contributed by atoms with van der Waals surface area (Å²) < 4.78 is 11.1. The van der Waals surface area contributed by atoms with Crippen molar-refractivity contribution in [3.63, 3.8) is 0 Å². The molecule has 1 amide bonds. The van der Waals surface area contributed by atoms with Crippen molar-refractivity contribution < 1.29 is 18.7 Å². The number of amides is 1. The molecular weight excluding hydrogens is 342 g/mol. The number of furan rings is 1. The van der Waals surface area contributed by atoms with Crippen molar-refractivity contribution in [3.8, 4) is 0 Å². The molecule has 0 unspecified atom stereocenters. The second-order valence-corrected chi connectivity index (χ2v) is 7.36. The van der Waals surface area contributed by atoms with Gasteiger partial charge in [0.25, 0.3) is 5.91 Å². The topological polar surface area (TPSA) is 59.8 Å². The number of esters is 1. The molecule has 2 heterocycles. The predicted molar refractivity (Wildman–Crippen MR) is 104 cm³/mol. The van der Waals surface area contributed by atoms with Gasteiger partial charge >= 0.3 is 5.97 Å². The van der Waals surface area contributed by atoms with Crippen molar-refractivity contribution in [2.45, 2.75) is 26.7 Å². The van der Waals surface area contributed by atoms with E-state index in [9.17, 15) is 9.59 Å². The van der Waals surface area contributed by atoms with Crippen LogP contribution in [0, 0.1) is 12.8 Å². The average Bonchev–Trinajstić information content (AvgIpc) is 3.03. The van der Waals surface area contributed by atoms with Crippen LogP contribution in [-0.2, 0) is 9.53 Å².